The second-order valence-electron chi connectivity index (χ2n) is 4.63. The van der Waals surface area contributed by atoms with Crippen LogP contribution in [-0.2, 0) is 6.42 Å². The van der Waals surface area contributed by atoms with Crippen molar-refractivity contribution in [1.29, 1.82) is 0 Å². The quantitative estimate of drug-likeness (QED) is 0.889. The first kappa shape index (κ1) is 12.7. The van der Waals surface area contributed by atoms with Gasteiger partial charge < -0.3 is 10.1 Å². The minimum atomic E-state index is 0.643. The Morgan fingerprint density at radius 3 is 3.06 bits per heavy atom. The summed E-state index contributed by atoms with van der Waals surface area (Å²) in [7, 11) is 0. The Morgan fingerprint density at radius 2 is 2.35 bits per heavy atom. The largest absolute Gasteiger partial charge is 0.493 e. The molecule has 0 aliphatic carbocycles. The van der Waals surface area contributed by atoms with Crippen molar-refractivity contribution in [3.05, 3.63) is 28.8 Å². The fourth-order valence-electron chi connectivity index (χ4n) is 2.19. The fourth-order valence-corrected chi connectivity index (χ4v) is 2.44. The van der Waals surface area contributed by atoms with Gasteiger partial charge in [0.25, 0.3) is 0 Å². The van der Waals surface area contributed by atoms with E-state index in [1.807, 2.05) is 12.1 Å². The molecule has 1 aromatic rings. The lowest BCUT2D eigenvalue weighted by atomic mass is 10.0. The molecule has 0 bridgehead atoms. The molecule has 0 aromatic heterocycles. The van der Waals surface area contributed by atoms with Crippen LogP contribution in [0.5, 0.6) is 5.75 Å². The number of hydrogen-bond acceptors (Lipinski definition) is 2. The van der Waals surface area contributed by atoms with Gasteiger partial charge in [0.05, 0.1) is 6.61 Å². The number of halogens is 1. The first-order valence-corrected chi connectivity index (χ1v) is 6.79. The van der Waals surface area contributed by atoms with Crippen LogP contribution < -0.4 is 10.1 Å². The van der Waals surface area contributed by atoms with Crippen LogP contribution in [0.25, 0.3) is 0 Å². The molecule has 17 heavy (non-hydrogen) atoms. The van der Waals surface area contributed by atoms with Crippen molar-refractivity contribution in [2.24, 2.45) is 5.92 Å². The molecule has 0 amide bonds. The summed E-state index contributed by atoms with van der Waals surface area (Å²) in [5, 5.41) is 4.23. The predicted octanol–water partition coefficient (Wildman–Crippen LogP) is 3.28. The maximum absolute atomic E-state index is 6.08. The zero-order valence-corrected chi connectivity index (χ0v) is 11.1. The highest BCUT2D eigenvalue weighted by Crippen LogP contribution is 2.23. The molecule has 1 atom stereocenters. The van der Waals surface area contributed by atoms with Gasteiger partial charge >= 0.3 is 0 Å². The van der Waals surface area contributed by atoms with Gasteiger partial charge in [0.2, 0.25) is 0 Å². The maximum atomic E-state index is 6.08. The average molecular weight is 254 g/mol. The molecule has 1 heterocycles. The lowest BCUT2D eigenvalue weighted by Crippen LogP contribution is -2.33. The van der Waals surface area contributed by atoms with Crippen molar-refractivity contribution in [3.8, 4) is 5.75 Å². The molecule has 0 spiro atoms. The summed E-state index contributed by atoms with van der Waals surface area (Å²) in [6.45, 7) is 5.14. The van der Waals surface area contributed by atoms with E-state index in [9.17, 15) is 0 Å². The molecule has 1 aromatic carbocycles. The summed E-state index contributed by atoms with van der Waals surface area (Å²) >= 11 is 6.08. The molecule has 1 saturated heterocycles. The standard InChI is InChI=1S/C14H20ClNO/c1-2-12-8-13(5-6-14(12)15)17-10-11-4-3-7-16-9-11/h5-6,8,11,16H,2-4,7,9-10H2,1H3/t11-/m1/s1. The minimum Gasteiger partial charge on any atom is -0.493 e. The van der Waals surface area contributed by atoms with Gasteiger partial charge in [-0.2, -0.15) is 0 Å². The molecular formula is C14H20ClNO. The lowest BCUT2D eigenvalue weighted by molar-refractivity contribution is 0.218. The summed E-state index contributed by atoms with van der Waals surface area (Å²) < 4.78 is 5.84. The van der Waals surface area contributed by atoms with Crippen LogP contribution in [0, 0.1) is 5.92 Å². The van der Waals surface area contributed by atoms with E-state index in [1.54, 1.807) is 0 Å². The highest BCUT2D eigenvalue weighted by Gasteiger charge is 2.13. The third-order valence-electron chi connectivity index (χ3n) is 3.28. The zero-order valence-electron chi connectivity index (χ0n) is 10.3. The molecule has 1 fully saturated rings. The normalized spacial score (nSPS) is 20.2. The van der Waals surface area contributed by atoms with Gasteiger partial charge in [-0.25, -0.2) is 0 Å². The van der Waals surface area contributed by atoms with Crippen LogP contribution in [0.1, 0.15) is 25.3 Å². The summed E-state index contributed by atoms with van der Waals surface area (Å²) in [4.78, 5) is 0. The van der Waals surface area contributed by atoms with E-state index in [0.717, 1.165) is 42.5 Å². The van der Waals surface area contributed by atoms with E-state index < -0.39 is 0 Å². The first-order valence-electron chi connectivity index (χ1n) is 6.41. The summed E-state index contributed by atoms with van der Waals surface area (Å²) in [6, 6.07) is 5.94. The highest BCUT2D eigenvalue weighted by molar-refractivity contribution is 6.31. The van der Waals surface area contributed by atoms with E-state index in [2.05, 4.69) is 18.3 Å². The van der Waals surface area contributed by atoms with Crippen LogP contribution >= 0.6 is 11.6 Å². The number of ether oxygens (including phenoxy) is 1. The van der Waals surface area contributed by atoms with Gasteiger partial charge in [-0.3, -0.25) is 0 Å². The van der Waals surface area contributed by atoms with Crippen LogP contribution in [0.4, 0.5) is 0 Å². The Morgan fingerprint density at radius 1 is 1.47 bits per heavy atom. The Bertz CT molecular complexity index is 361. The van der Waals surface area contributed by atoms with Crippen LogP contribution in [0.15, 0.2) is 18.2 Å². The Balaban J connectivity index is 1.89. The third-order valence-corrected chi connectivity index (χ3v) is 3.65. The van der Waals surface area contributed by atoms with Crippen LogP contribution in [0.2, 0.25) is 5.02 Å². The second kappa shape index (κ2) is 6.27. The van der Waals surface area contributed by atoms with Crippen molar-refractivity contribution < 1.29 is 4.74 Å². The molecule has 0 radical (unpaired) electrons. The summed E-state index contributed by atoms with van der Waals surface area (Å²) in [5.74, 6) is 1.58. The predicted molar refractivity (Wildman–Crippen MR) is 71.9 cm³/mol. The summed E-state index contributed by atoms with van der Waals surface area (Å²) in [5.41, 5.74) is 1.16. The number of hydrogen-bond donors (Lipinski definition) is 1. The average Bonchev–Trinajstić information content (AvgIpc) is 2.39. The second-order valence-corrected chi connectivity index (χ2v) is 5.04. The third kappa shape index (κ3) is 3.62. The highest BCUT2D eigenvalue weighted by atomic mass is 35.5. The Hall–Kier alpha value is -0.730. The van der Waals surface area contributed by atoms with E-state index in [0.29, 0.717) is 5.92 Å². The van der Waals surface area contributed by atoms with Crippen molar-refractivity contribution in [2.75, 3.05) is 19.7 Å². The maximum Gasteiger partial charge on any atom is 0.119 e. The van der Waals surface area contributed by atoms with Gasteiger partial charge in [-0.15, -0.1) is 0 Å². The Labute approximate surface area is 108 Å². The number of benzene rings is 1. The molecule has 3 heteroatoms. The number of piperidine rings is 1. The molecule has 1 N–H and O–H groups in total. The number of nitrogens with one attached hydrogen (secondary N) is 1. The van der Waals surface area contributed by atoms with Crippen molar-refractivity contribution in [2.45, 2.75) is 26.2 Å². The minimum absolute atomic E-state index is 0.643. The van der Waals surface area contributed by atoms with Gasteiger partial charge in [0.15, 0.2) is 0 Å². The monoisotopic (exact) mass is 253 g/mol. The fraction of sp³-hybridized carbons (Fsp3) is 0.571. The van der Waals surface area contributed by atoms with E-state index in [1.165, 1.54) is 12.8 Å². The van der Waals surface area contributed by atoms with Crippen molar-refractivity contribution in [3.63, 3.8) is 0 Å². The number of aryl methyl sites for hydroxylation is 1. The van der Waals surface area contributed by atoms with Crippen molar-refractivity contribution in [1.82, 2.24) is 5.32 Å². The number of rotatable bonds is 4. The van der Waals surface area contributed by atoms with Gasteiger partial charge in [-0.05, 0) is 49.6 Å². The molecule has 0 saturated carbocycles. The molecule has 1 aliphatic heterocycles. The van der Waals surface area contributed by atoms with Crippen molar-refractivity contribution >= 4 is 11.6 Å². The SMILES string of the molecule is CCc1cc(OC[C@@H]2CCCNC2)ccc1Cl. The molecular weight excluding hydrogens is 234 g/mol. The molecule has 2 nitrogen and oxygen atoms in total. The van der Waals surface area contributed by atoms with Gasteiger partial charge in [-0.1, -0.05) is 18.5 Å². The molecule has 2 rings (SSSR count). The van der Waals surface area contributed by atoms with Crippen LogP contribution in [0.3, 0.4) is 0 Å². The molecule has 0 unspecified atom stereocenters. The molecule has 1 aliphatic rings. The van der Waals surface area contributed by atoms with Gasteiger partial charge in [0, 0.05) is 17.5 Å². The van der Waals surface area contributed by atoms with Gasteiger partial charge in [0.1, 0.15) is 5.75 Å². The zero-order chi connectivity index (χ0) is 12.1. The smallest absolute Gasteiger partial charge is 0.119 e. The summed E-state index contributed by atoms with van der Waals surface area (Å²) in [6.07, 6.45) is 3.47. The molecule has 94 valence electrons. The van der Waals surface area contributed by atoms with E-state index in [4.69, 9.17) is 16.3 Å². The topological polar surface area (TPSA) is 21.3 Å². The van der Waals surface area contributed by atoms with E-state index in [-0.39, 0.29) is 0 Å². The Kier molecular flexibility index (Phi) is 4.69. The lowest BCUT2D eigenvalue weighted by Gasteiger charge is -2.22. The van der Waals surface area contributed by atoms with E-state index >= 15 is 0 Å². The first-order chi connectivity index (χ1) is 8.29. The van der Waals surface area contributed by atoms with Crippen LogP contribution in [-0.4, -0.2) is 19.7 Å².